The van der Waals surface area contributed by atoms with E-state index in [1.165, 1.54) is 22.3 Å². The molecule has 4 nitrogen and oxygen atoms in total. The average Bonchev–Trinajstić information content (AvgIpc) is 2.85. The van der Waals surface area contributed by atoms with Crippen molar-refractivity contribution in [2.24, 2.45) is 0 Å². The molecule has 24 heavy (non-hydrogen) atoms. The Balaban J connectivity index is 1.95. The molecule has 0 bridgehead atoms. The Bertz CT molecular complexity index is 730. The largest absolute Gasteiger partial charge is 0.379 e. The number of nitrogens with zero attached hydrogens (tertiary/aromatic N) is 1. The summed E-state index contributed by atoms with van der Waals surface area (Å²) in [7, 11) is 0. The zero-order valence-electron chi connectivity index (χ0n) is 14.7. The number of hydrogen-bond acceptors (Lipinski definition) is 4. The molecule has 0 aromatic heterocycles. The lowest BCUT2D eigenvalue weighted by Crippen LogP contribution is -2.57. The number of aliphatic hydroxyl groups is 2. The van der Waals surface area contributed by atoms with Crippen LogP contribution in [-0.2, 0) is 6.42 Å². The van der Waals surface area contributed by atoms with Crippen molar-refractivity contribution in [1.29, 1.82) is 0 Å². The van der Waals surface area contributed by atoms with Crippen LogP contribution in [0.2, 0.25) is 0 Å². The zero-order chi connectivity index (χ0) is 17.5. The molecule has 3 rings (SSSR count). The van der Waals surface area contributed by atoms with Crippen molar-refractivity contribution in [3.05, 3.63) is 53.6 Å². The third-order valence-corrected chi connectivity index (χ3v) is 4.74. The van der Waals surface area contributed by atoms with Gasteiger partial charge in [-0.2, -0.15) is 0 Å². The first-order chi connectivity index (χ1) is 11.3. The number of fused-ring (bicyclic) bond motifs is 3. The highest BCUT2D eigenvalue weighted by atomic mass is 16.3. The predicted molar refractivity (Wildman–Crippen MR) is 97.6 cm³/mol. The summed E-state index contributed by atoms with van der Waals surface area (Å²) < 4.78 is 0. The zero-order valence-corrected chi connectivity index (χ0v) is 14.7. The Morgan fingerprint density at radius 2 is 1.58 bits per heavy atom. The molecule has 0 fully saturated rings. The van der Waals surface area contributed by atoms with E-state index < -0.39 is 18.1 Å². The smallest absolute Gasteiger partial charge is 0.108 e. The molecule has 0 radical (unpaired) electrons. The topological polar surface area (TPSA) is 55.7 Å². The van der Waals surface area contributed by atoms with Crippen LogP contribution in [0.1, 0.15) is 38.8 Å². The average molecular weight is 326 g/mol. The Morgan fingerprint density at radius 1 is 0.958 bits per heavy atom. The molecule has 1 aliphatic rings. The first-order valence-corrected chi connectivity index (χ1v) is 8.44. The summed E-state index contributed by atoms with van der Waals surface area (Å²) in [6.45, 7) is 7.27. The summed E-state index contributed by atoms with van der Waals surface area (Å²) in [5, 5.41) is 23.6. The summed E-state index contributed by atoms with van der Waals surface area (Å²) >= 11 is 0. The molecule has 2 aromatic rings. The van der Waals surface area contributed by atoms with Gasteiger partial charge in [-0.25, -0.2) is 4.90 Å². The minimum atomic E-state index is -0.763. The minimum Gasteiger partial charge on any atom is -0.379 e. The molecule has 0 heterocycles. The van der Waals surface area contributed by atoms with Gasteiger partial charge in [0.15, 0.2) is 0 Å². The maximum absolute atomic E-state index is 10.1. The van der Waals surface area contributed by atoms with Gasteiger partial charge in [0.1, 0.15) is 12.5 Å². The summed E-state index contributed by atoms with van der Waals surface area (Å²) in [6, 6.07) is 14.7. The normalized spacial score (nSPS) is 15.8. The van der Waals surface area contributed by atoms with E-state index in [0.717, 1.165) is 12.1 Å². The number of aliphatic hydroxyl groups excluding tert-OH is 2. The van der Waals surface area contributed by atoms with Crippen LogP contribution < -0.4 is 5.32 Å². The van der Waals surface area contributed by atoms with Crippen LogP contribution in [0.3, 0.4) is 0 Å². The standard InChI is InChI=1S/C20H26N2O2/c1-13(23)22(14(2)24)20(3,4)21-19-11-7-10-17-16-9-6-5-8-15(16)12-18(17)19/h5-11,13-14,21,23-24H,12H2,1-4H3. The molecule has 2 aromatic carbocycles. The van der Waals surface area contributed by atoms with Gasteiger partial charge in [0.2, 0.25) is 0 Å². The Hall–Kier alpha value is -1.88. The van der Waals surface area contributed by atoms with Crippen molar-refractivity contribution < 1.29 is 10.2 Å². The first kappa shape index (κ1) is 17.0. The van der Waals surface area contributed by atoms with Gasteiger partial charge in [0.05, 0.1) is 5.66 Å². The van der Waals surface area contributed by atoms with Crippen molar-refractivity contribution >= 4 is 5.69 Å². The van der Waals surface area contributed by atoms with Gasteiger partial charge < -0.3 is 15.5 Å². The van der Waals surface area contributed by atoms with Crippen LogP contribution in [0.15, 0.2) is 42.5 Å². The van der Waals surface area contributed by atoms with Crippen LogP contribution in [0.25, 0.3) is 11.1 Å². The molecule has 0 aliphatic heterocycles. The number of benzene rings is 2. The van der Waals surface area contributed by atoms with Gasteiger partial charge in [-0.3, -0.25) is 0 Å². The van der Waals surface area contributed by atoms with Crippen LogP contribution in [0, 0.1) is 0 Å². The maximum Gasteiger partial charge on any atom is 0.108 e. The quantitative estimate of drug-likeness (QED) is 0.629. The monoisotopic (exact) mass is 326 g/mol. The molecule has 128 valence electrons. The fraction of sp³-hybridized carbons (Fsp3) is 0.400. The van der Waals surface area contributed by atoms with Crippen molar-refractivity contribution in [2.75, 3.05) is 5.32 Å². The second kappa shape index (κ2) is 6.20. The van der Waals surface area contributed by atoms with Gasteiger partial charge in [-0.15, -0.1) is 0 Å². The Labute approximate surface area is 143 Å². The summed E-state index contributed by atoms with van der Waals surface area (Å²) in [5.41, 5.74) is 5.58. The minimum absolute atomic E-state index is 0.605. The number of nitrogens with one attached hydrogen (secondary N) is 1. The first-order valence-electron chi connectivity index (χ1n) is 8.44. The fourth-order valence-corrected chi connectivity index (χ4v) is 3.91. The van der Waals surface area contributed by atoms with Gasteiger partial charge in [-0.05, 0) is 56.0 Å². The van der Waals surface area contributed by atoms with Crippen molar-refractivity contribution in [2.45, 2.75) is 52.2 Å². The van der Waals surface area contributed by atoms with Crippen molar-refractivity contribution in [3.8, 4) is 11.1 Å². The number of hydrogen-bond donors (Lipinski definition) is 3. The van der Waals surface area contributed by atoms with Crippen LogP contribution in [0.4, 0.5) is 5.69 Å². The highest BCUT2D eigenvalue weighted by molar-refractivity contribution is 5.82. The lowest BCUT2D eigenvalue weighted by molar-refractivity contribution is -0.128. The van der Waals surface area contributed by atoms with Crippen molar-refractivity contribution in [3.63, 3.8) is 0 Å². The highest BCUT2D eigenvalue weighted by Crippen LogP contribution is 2.41. The molecule has 0 saturated heterocycles. The molecule has 1 aliphatic carbocycles. The summed E-state index contributed by atoms with van der Waals surface area (Å²) in [4.78, 5) is 1.65. The van der Waals surface area contributed by atoms with E-state index in [1.54, 1.807) is 18.7 Å². The highest BCUT2D eigenvalue weighted by Gasteiger charge is 2.34. The van der Waals surface area contributed by atoms with E-state index in [1.807, 2.05) is 13.8 Å². The summed E-state index contributed by atoms with van der Waals surface area (Å²) in [6.07, 6.45) is -0.628. The third-order valence-electron chi connectivity index (χ3n) is 4.74. The molecule has 2 unspecified atom stereocenters. The fourth-order valence-electron chi connectivity index (χ4n) is 3.91. The van der Waals surface area contributed by atoms with Gasteiger partial charge in [0, 0.05) is 12.1 Å². The van der Waals surface area contributed by atoms with Gasteiger partial charge in [0.25, 0.3) is 0 Å². The van der Waals surface area contributed by atoms with Crippen LogP contribution >= 0.6 is 0 Å². The lowest BCUT2D eigenvalue weighted by Gasteiger charge is -2.43. The molecule has 2 atom stereocenters. The molecule has 0 amide bonds. The van der Waals surface area contributed by atoms with E-state index in [9.17, 15) is 10.2 Å². The number of rotatable bonds is 5. The van der Waals surface area contributed by atoms with Crippen molar-refractivity contribution in [1.82, 2.24) is 4.90 Å². The second-order valence-electron chi connectivity index (χ2n) is 7.02. The second-order valence-corrected chi connectivity index (χ2v) is 7.02. The van der Waals surface area contributed by atoms with E-state index in [0.29, 0.717) is 0 Å². The molecule has 0 spiro atoms. The summed E-state index contributed by atoms with van der Waals surface area (Å²) in [5.74, 6) is 0. The van der Waals surface area contributed by atoms with E-state index in [-0.39, 0.29) is 0 Å². The van der Waals surface area contributed by atoms with Crippen LogP contribution in [0.5, 0.6) is 0 Å². The predicted octanol–water partition coefficient (Wildman–Crippen LogP) is 3.38. The molecular weight excluding hydrogens is 300 g/mol. The van der Waals surface area contributed by atoms with Crippen LogP contribution in [-0.4, -0.2) is 33.2 Å². The molecule has 0 saturated carbocycles. The molecule has 4 heteroatoms. The van der Waals surface area contributed by atoms with E-state index in [2.05, 4.69) is 47.8 Å². The molecular formula is C20H26N2O2. The third kappa shape index (κ3) is 2.93. The maximum atomic E-state index is 10.1. The lowest BCUT2D eigenvalue weighted by atomic mass is 10.0. The Morgan fingerprint density at radius 3 is 2.25 bits per heavy atom. The Kier molecular flexibility index (Phi) is 4.38. The van der Waals surface area contributed by atoms with Gasteiger partial charge >= 0.3 is 0 Å². The SMILES string of the molecule is CC(O)N(C(C)O)C(C)(C)Nc1cccc2c1Cc1ccccc1-2. The van der Waals surface area contributed by atoms with E-state index in [4.69, 9.17) is 0 Å². The van der Waals surface area contributed by atoms with Gasteiger partial charge in [-0.1, -0.05) is 36.4 Å². The van der Waals surface area contributed by atoms with E-state index >= 15 is 0 Å². The number of anilines is 1. The molecule has 3 N–H and O–H groups in total.